The van der Waals surface area contributed by atoms with E-state index in [1.807, 2.05) is 29.2 Å². The zero-order valence-corrected chi connectivity index (χ0v) is 16.8. The fourth-order valence-corrected chi connectivity index (χ4v) is 4.30. The first kappa shape index (κ1) is 19.8. The number of rotatable bonds is 4. The molecule has 2 aromatic rings. The predicted molar refractivity (Wildman–Crippen MR) is 113 cm³/mol. The van der Waals surface area contributed by atoms with Crippen LogP contribution in [0.25, 0.3) is 5.57 Å². The number of hydrogen-bond acceptors (Lipinski definition) is 3. The van der Waals surface area contributed by atoms with Gasteiger partial charge in [0.15, 0.2) is 0 Å². The standard InChI is InChI=1S/C24H27FN2O2/c1-17(28)27-12-2-3-20-15-21(6-9-23(20)27)24(29)16-26-13-10-19(11-14-26)18-4-7-22(25)8-5-18/h4-10,15,24,29H,2-3,11-14,16H2,1H3. The van der Waals surface area contributed by atoms with Crippen LogP contribution in [-0.2, 0) is 11.2 Å². The van der Waals surface area contributed by atoms with Crippen LogP contribution in [0.1, 0.15) is 42.6 Å². The number of halogens is 1. The second kappa shape index (κ2) is 8.47. The van der Waals surface area contributed by atoms with Gasteiger partial charge in [0.1, 0.15) is 5.82 Å². The van der Waals surface area contributed by atoms with E-state index in [0.29, 0.717) is 6.54 Å². The van der Waals surface area contributed by atoms with Crippen molar-refractivity contribution in [2.45, 2.75) is 32.3 Å². The summed E-state index contributed by atoms with van der Waals surface area (Å²) >= 11 is 0. The zero-order chi connectivity index (χ0) is 20.4. The van der Waals surface area contributed by atoms with Gasteiger partial charge in [-0.2, -0.15) is 0 Å². The highest BCUT2D eigenvalue weighted by Gasteiger charge is 2.22. The van der Waals surface area contributed by atoms with Crippen LogP contribution in [-0.4, -0.2) is 42.1 Å². The molecule has 0 aromatic heterocycles. The number of amides is 1. The summed E-state index contributed by atoms with van der Waals surface area (Å²) in [5.74, 6) is -0.150. The molecule has 0 saturated carbocycles. The molecule has 2 heterocycles. The molecule has 0 saturated heterocycles. The number of β-amino-alcohol motifs (C(OH)–C–C–N with tert-alkyl or cyclic N) is 1. The Hall–Kier alpha value is -2.50. The van der Waals surface area contributed by atoms with Gasteiger partial charge in [-0.25, -0.2) is 4.39 Å². The maximum atomic E-state index is 13.1. The maximum absolute atomic E-state index is 13.1. The Morgan fingerprint density at radius 1 is 1.14 bits per heavy atom. The van der Waals surface area contributed by atoms with Gasteiger partial charge in [-0.1, -0.05) is 30.3 Å². The van der Waals surface area contributed by atoms with Crippen molar-refractivity contribution in [2.75, 3.05) is 31.1 Å². The summed E-state index contributed by atoms with van der Waals surface area (Å²) in [6, 6.07) is 12.6. The van der Waals surface area contributed by atoms with Crippen LogP contribution in [0.5, 0.6) is 0 Å². The van der Waals surface area contributed by atoms with Crippen LogP contribution >= 0.6 is 0 Å². The summed E-state index contributed by atoms with van der Waals surface area (Å²) < 4.78 is 13.1. The van der Waals surface area contributed by atoms with Gasteiger partial charge in [-0.05, 0) is 59.7 Å². The molecule has 5 heteroatoms. The summed E-state index contributed by atoms with van der Waals surface area (Å²) in [5.41, 5.74) is 5.32. The number of fused-ring (bicyclic) bond motifs is 1. The first-order valence-corrected chi connectivity index (χ1v) is 10.3. The molecule has 2 aliphatic heterocycles. The number of hydrogen-bond donors (Lipinski definition) is 1. The highest BCUT2D eigenvalue weighted by molar-refractivity contribution is 5.92. The molecule has 2 aromatic carbocycles. The maximum Gasteiger partial charge on any atom is 0.223 e. The lowest BCUT2D eigenvalue weighted by molar-refractivity contribution is -0.116. The second-order valence-corrected chi connectivity index (χ2v) is 7.92. The SMILES string of the molecule is CC(=O)N1CCCc2cc(C(O)CN3CC=C(c4ccc(F)cc4)CC3)ccc21. The predicted octanol–water partition coefficient (Wildman–Crippen LogP) is 3.95. The number of aryl methyl sites for hydroxylation is 1. The molecule has 0 aliphatic carbocycles. The van der Waals surface area contributed by atoms with Crippen LogP contribution in [0, 0.1) is 5.82 Å². The average molecular weight is 394 g/mol. The zero-order valence-electron chi connectivity index (χ0n) is 16.8. The topological polar surface area (TPSA) is 43.8 Å². The first-order chi connectivity index (χ1) is 14.0. The van der Waals surface area contributed by atoms with E-state index in [9.17, 15) is 14.3 Å². The van der Waals surface area contributed by atoms with E-state index in [1.165, 1.54) is 17.7 Å². The Morgan fingerprint density at radius 3 is 2.62 bits per heavy atom. The number of anilines is 1. The van der Waals surface area contributed by atoms with Crippen LogP contribution in [0.2, 0.25) is 0 Å². The van der Waals surface area contributed by atoms with Crippen LogP contribution in [0.3, 0.4) is 0 Å². The normalized spacial score (nSPS) is 18.2. The van der Waals surface area contributed by atoms with Gasteiger partial charge in [-0.3, -0.25) is 9.69 Å². The summed E-state index contributed by atoms with van der Waals surface area (Å²) in [6.45, 7) is 4.57. The highest BCUT2D eigenvalue weighted by atomic mass is 19.1. The number of carbonyl (C=O) groups is 1. The molecule has 0 radical (unpaired) electrons. The van der Waals surface area contributed by atoms with Gasteiger partial charge >= 0.3 is 0 Å². The van der Waals surface area contributed by atoms with Gasteiger partial charge < -0.3 is 10.0 Å². The Balaban J connectivity index is 1.41. The monoisotopic (exact) mass is 394 g/mol. The Morgan fingerprint density at radius 2 is 1.93 bits per heavy atom. The smallest absolute Gasteiger partial charge is 0.223 e. The van der Waals surface area contributed by atoms with Gasteiger partial charge in [0.2, 0.25) is 5.91 Å². The van der Waals surface area contributed by atoms with Crippen molar-refractivity contribution in [1.82, 2.24) is 4.90 Å². The van der Waals surface area contributed by atoms with Crippen molar-refractivity contribution in [2.24, 2.45) is 0 Å². The number of aliphatic hydroxyl groups excluding tert-OH is 1. The molecule has 0 spiro atoms. The minimum atomic E-state index is -0.561. The summed E-state index contributed by atoms with van der Waals surface area (Å²) in [6.07, 6.45) is 4.38. The molecule has 4 nitrogen and oxygen atoms in total. The van der Waals surface area contributed by atoms with Crippen molar-refractivity contribution in [3.05, 3.63) is 71.0 Å². The van der Waals surface area contributed by atoms with Crippen LogP contribution in [0.15, 0.2) is 48.5 Å². The average Bonchev–Trinajstić information content (AvgIpc) is 2.74. The van der Waals surface area contributed by atoms with Gasteiger partial charge in [-0.15, -0.1) is 0 Å². The van der Waals surface area contributed by atoms with Crippen LogP contribution < -0.4 is 4.90 Å². The number of carbonyl (C=O) groups excluding carboxylic acids is 1. The lowest BCUT2D eigenvalue weighted by atomic mass is 9.96. The minimum Gasteiger partial charge on any atom is -0.387 e. The van der Waals surface area contributed by atoms with Crippen molar-refractivity contribution >= 4 is 17.2 Å². The van der Waals surface area contributed by atoms with E-state index in [1.54, 1.807) is 6.92 Å². The third kappa shape index (κ3) is 4.41. The second-order valence-electron chi connectivity index (χ2n) is 7.92. The molecule has 152 valence electrons. The molecule has 1 N–H and O–H groups in total. The number of nitrogens with zero attached hydrogens (tertiary/aromatic N) is 2. The van der Waals surface area contributed by atoms with Gasteiger partial charge in [0.25, 0.3) is 0 Å². The molecular weight excluding hydrogens is 367 g/mol. The highest BCUT2D eigenvalue weighted by Crippen LogP contribution is 2.31. The molecule has 29 heavy (non-hydrogen) atoms. The van der Waals surface area contributed by atoms with Crippen molar-refractivity contribution in [3.8, 4) is 0 Å². The Bertz CT molecular complexity index is 923. The van der Waals surface area contributed by atoms with E-state index in [-0.39, 0.29) is 11.7 Å². The van der Waals surface area contributed by atoms with Crippen molar-refractivity contribution in [3.63, 3.8) is 0 Å². The third-order valence-electron chi connectivity index (χ3n) is 5.93. The molecule has 1 unspecified atom stereocenters. The summed E-state index contributed by atoms with van der Waals surface area (Å²) in [4.78, 5) is 15.9. The molecule has 4 rings (SSSR count). The molecule has 1 atom stereocenters. The van der Waals surface area contributed by atoms with Gasteiger partial charge in [0, 0.05) is 38.8 Å². The largest absolute Gasteiger partial charge is 0.387 e. The molecule has 0 bridgehead atoms. The van der Waals surface area contributed by atoms with E-state index in [4.69, 9.17) is 0 Å². The summed E-state index contributed by atoms with van der Waals surface area (Å²) in [5, 5.41) is 10.8. The van der Waals surface area contributed by atoms with E-state index < -0.39 is 6.10 Å². The molecule has 1 amide bonds. The van der Waals surface area contributed by atoms with E-state index >= 15 is 0 Å². The molecular formula is C24H27FN2O2. The van der Waals surface area contributed by atoms with E-state index in [2.05, 4.69) is 17.0 Å². The van der Waals surface area contributed by atoms with Crippen LogP contribution in [0.4, 0.5) is 10.1 Å². The van der Waals surface area contributed by atoms with Gasteiger partial charge in [0.05, 0.1) is 6.10 Å². The fourth-order valence-electron chi connectivity index (χ4n) is 4.30. The van der Waals surface area contributed by atoms with E-state index in [0.717, 1.165) is 61.3 Å². The molecule has 2 aliphatic rings. The number of benzene rings is 2. The number of aliphatic hydroxyl groups is 1. The minimum absolute atomic E-state index is 0.0660. The summed E-state index contributed by atoms with van der Waals surface area (Å²) in [7, 11) is 0. The third-order valence-corrected chi connectivity index (χ3v) is 5.93. The quantitative estimate of drug-likeness (QED) is 0.854. The van der Waals surface area contributed by atoms with Crippen molar-refractivity contribution < 1.29 is 14.3 Å². The van der Waals surface area contributed by atoms with Crippen molar-refractivity contribution in [1.29, 1.82) is 0 Å². The Kier molecular flexibility index (Phi) is 5.79. The lowest BCUT2D eigenvalue weighted by Gasteiger charge is -2.31. The fraction of sp³-hybridized carbons (Fsp3) is 0.375. The lowest BCUT2D eigenvalue weighted by Crippen LogP contribution is -2.34. The first-order valence-electron chi connectivity index (χ1n) is 10.3. The molecule has 0 fully saturated rings. The Labute approximate surface area is 171 Å².